The molecule has 0 bridgehead atoms. The zero-order chi connectivity index (χ0) is 14.8. The van der Waals surface area contributed by atoms with Crippen LogP contribution in [0.25, 0.3) is 22.6 Å². The zero-order valence-corrected chi connectivity index (χ0v) is 12.2. The first-order valence-corrected chi connectivity index (χ1v) is 7.00. The summed E-state index contributed by atoms with van der Waals surface area (Å²) in [5.74, 6) is -0.280. The van der Waals surface area contributed by atoms with Gasteiger partial charge in [-0.15, -0.1) is 0 Å². The smallest absolute Gasteiger partial charge is 0.141 e. The van der Waals surface area contributed by atoms with E-state index in [0.717, 1.165) is 17.6 Å². The fourth-order valence-corrected chi connectivity index (χ4v) is 2.55. The summed E-state index contributed by atoms with van der Waals surface area (Å²) in [6, 6.07) is 5.39. The predicted octanol–water partition coefficient (Wildman–Crippen LogP) is 4.70. The molecule has 0 unspecified atom stereocenters. The van der Waals surface area contributed by atoms with E-state index in [0.29, 0.717) is 21.5 Å². The molecule has 2 aromatic heterocycles. The summed E-state index contributed by atoms with van der Waals surface area (Å²) < 4.78 is 14.5. The number of nitrogens with zero attached hydrogens (tertiary/aromatic N) is 2. The highest BCUT2D eigenvalue weighted by atomic mass is 35.5. The fraction of sp³-hybridized carbons (Fsp3) is 0.125. The quantitative estimate of drug-likeness (QED) is 0.761. The summed E-state index contributed by atoms with van der Waals surface area (Å²) in [5.41, 5.74) is 3.04. The van der Waals surface area contributed by atoms with Crippen molar-refractivity contribution in [3.63, 3.8) is 0 Å². The number of benzene rings is 1. The molecule has 0 amide bonds. The Kier molecular flexibility index (Phi) is 3.71. The third kappa shape index (κ3) is 2.54. The summed E-state index contributed by atoms with van der Waals surface area (Å²) in [7, 11) is 0. The van der Waals surface area contributed by atoms with Crippen LogP contribution in [0.15, 0.2) is 36.8 Å². The number of rotatable bonds is 3. The molecule has 21 heavy (non-hydrogen) atoms. The largest absolute Gasteiger partial charge is 0.278 e. The Labute approximate surface area is 126 Å². The van der Waals surface area contributed by atoms with Crippen LogP contribution in [0.1, 0.15) is 24.5 Å². The lowest BCUT2D eigenvalue weighted by Crippen LogP contribution is -1.89. The van der Waals surface area contributed by atoms with Crippen molar-refractivity contribution in [1.29, 1.82) is 0 Å². The first-order chi connectivity index (χ1) is 10.2. The van der Waals surface area contributed by atoms with Gasteiger partial charge in [0, 0.05) is 18.0 Å². The number of hydrogen-bond donors (Lipinski definition) is 1. The number of nitrogens with one attached hydrogen (secondary N) is 1. The normalized spacial score (nSPS) is 12.0. The number of fused-ring (bicyclic) bond motifs is 1. The third-order valence-electron chi connectivity index (χ3n) is 3.42. The molecule has 3 aromatic rings. The summed E-state index contributed by atoms with van der Waals surface area (Å²) in [5, 5.41) is 7.67. The second-order valence-corrected chi connectivity index (χ2v) is 5.09. The van der Waals surface area contributed by atoms with Crippen molar-refractivity contribution in [3.05, 3.63) is 58.8 Å². The van der Waals surface area contributed by atoms with Gasteiger partial charge in [-0.25, -0.2) is 4.39 Å². The molecule has 0 aliphatic rings. The van der Waals surface area contributed by atoms with Crippen LogP contribution in [0.4, 0.5) is 4.39 Å². The molecule has 0 aliphatic carbocycles. The fourth-order valence-electron chi connectivity index (χ4n) is 2.30. The number of allylic oxidation sites excluding steroid dienone is 1. The Balaban J connectivity index is 2.13. The molecule has 0 saturated heterocycles. The summed E-state index contributed by atoms with van der Waals surface area (Å²) in [6.45, 7) is 2.01. The van der Waals surface area contributed by atoms with Crippen molar-refractivity contribution in [2.45, 2.75) is 13.3 Å². The highest BCUT2D eigenvalue weighted by Gasteiger charge is 2.10. The number of pyridine rings is 1. The topological polar surface area (TPSA) is 41.6 Å². The Morgan fingerprint density at radius 1 is 1.33 bits per heavy atom. The van der Waals surface area contributed by atoms with Crippen LogP contribution in [0.3, 0.4) is 0 Å². The molecule has 5 heteroatoms. The average Bonchev–Trinajstić information content (AvgIpc) is 2.97. The van der Waals surface area contributed by atoms with Gasteiger partial charge in [0.25, 0.3) is 0 Å². The third-order valence-corrected chi connectivity index (χ3v) is 3.72. The summed E-state index contributed by atoms with van der Waals surface area (Å²) in [6.07, 6.45) is 7.33. The number of aromatic amines is 1. The van der Waals surface area contributed by atoms with E-state index >= 15 is 0 Å². The average molecular weight is 302 g/mol. The minimum Gasteiger partial charge on any atom is -0.278 e. The molecule has 0 aliphatic heterocycles. The monoisotopic (exact) mass is 301 g/mol. The molecule has 0 atom stereocenters. The Hall–Kier alpha value is -2.20. The van der Waals surface area contributed by atoms with Gasteiger partial charge in [0.2, 0.25) is 0 Å². The lowest BCUT2D eigenvalue weighted by atomic mass is 10.0. The minimum absolute atomic E-state index is 0.280. The van der Waals surface area contributed by atoms with Gasteiger partial charge in [0.15, 0.2) is 0 Å². The molecular formula is C16H13ClFN3. The van der Waals surface area contributed by atoms with E-state index in [4.69, 9.17) is 11.6 Å². The Morgan fingerprint density at radius 2 is 2.19 bits per heavy atom. The molecule has 0 fully saturated rings. The molecule has 1 N–H and O–H groups in total. The van der Waals surface area contributed by atoms with Gasteiger partial charge in [-0.05, 0) is 41.8 Å². The molecule has 0 spiro atoms. The van der Waals surface area contributed by atoms with Crippen LogP contribution >= 0.6 is 11.6 Å². The molecule has 3 rings (SSSR count). The molecule has 2 heterocycles. The minimum atomic E-state index is -0.280. The Bertz CT molecular complexity index is 823. The number of halogens is 2. The van der Waals surface area contributed by atoms with E-state index in [9.17, 15) is 4.39 Å². The van der Waals surface area contributed by atoms with Gasteiger partial charge in [-0.1, -0.05) is 18.5 Å². The first-order valence-electron chi connectivity index (χ1n) is 6.62. The van der Waals surface area contributed by atoms with E-state index in [1.54, 1.807) is 18.5 Å². The molecule has 3 nitrogen and oxygen atoms in total. The van der Waals surface area contributed by atoms with Crippen LogP contribution in [0, 0.1) is 5.82 Å². The zero-order valence-electron chi connectivity index (χ0n) is 11.4. The van der Waals surface area contributed by atoms with E-state index < -0.39 is 0 Å². The molecule has 1 aromatic carbocycles. The SMILES string of the molecule is CC/C(=C\c1ccc2[nH]ncc2c1F)c1ccncc1Cl. The van der Waals surface area contributed by atoms with E-state index in [-0.39, 0.29) is 5.82 Å². The standard InChI is InChI=1S/C16H13ClFN3/c1-2-10(12-5-6-19-9-14(12)17)7-11-3-4-15-13(16(11)18)8-20-21-15/h3-9H,2H2,1H3,(H,20,21)/b10-7+. The van der Waals surface area contributed by atoms with Crippen molar-refractivity contribution in [1.82, 2.24) is 15.2 Å². The van der Waals surface area contributed by atoms with Crippen LogP contribution in [0.2, 0.25) is 5.02 Å². The summed E-state index contributed by atoms with van der Waals surface area (Å²) in [4.78, 5) is 3.97. The summed E-state index contributed by atoms with van der Waals surface area (Å²) >= 11 is 6.17. The molecule has 106 valence electrons. The van der Waals surface area contributed by atoms with Crippen molar-refractivity contribution in [3.8, 4) is 0 Å². The first kappa shape index (κ1) is 13.8. The maximum absolute atomic E-state index is 14.5. The van der Waals surface area contributed by atoms with Crippen molar-refractivity contribution in [2.24, 2.45) is 0 Å². The van der Waals surface area contributed by atoms with Crippen LogP contribution in [-0.2, 0) is 0 Å². The van der Waals surface area contributed by atoms with Crippen LogP contribution in [-0.4, -0.2) is 15.2 Å². The van der Waals surface area contributed by atoms with E-state index in [1.807, 2.05) is 25.1 Å². The lowest BCUT2D eigenvalue weighted by molar-refractivity contribution is 0.637. The maximum atomic E-state index is 14.5. The highest BCUT2D eigenvalue weighted by Crippen LogP contribution is 2.29. The maximum Gasteiger partial charge on any atom is 0.141 e. The number of hydrogen-bond acceptors (Lipinski definition) is 2. The van der Waals surface area contributed by atoms with Crippen LogP contribution < -0.4 is 0 Å². The Morgan fingerprint density at radius 3 is 2.95 bits per heavy atom. The number of aromatic nitrogens is 3. The molecule has 0 radical (unpaired) electrons. The van der Waals surface area contributed by atoms with Crippen molar-refractivity contribution < 1.29 is 4.39 Å². The number of H-pyrrole nitrogens is 1. The highest BCUT2D eigenvalue weighted by molar-refractivity contribution is 6.32. The van der Waals surface area contributed by atoms with Gasteiger partial charge >= 0.3 is 0 Å². The van der Waals surface area contributed by atoms with E-state index in [2.05, 4.69) is 15.2 Å². The lowest BCUT2D eigenvalue weighted by Gasteiger charge is -2.08. The molecular weight excluding hydrogens is 289 g/mol. The van der Waals surface area contributed by atoms with Gasteiger partial charge < -0.3 is 0 Å². The van der Waals surface area contributed by atoms with Gasteiger partial charge in [-0.3, -0.25) is 10.1 Å². The second kappa shape index (κ2) is 5.66. The van der Waals surface area contributed by atoms with E-state index in [1.165, 1.54) is 6.20 Å². The predicted molar refractivity (Wildman–Crippen MR) is 83.5 cm³/mol. The van der Waals surface area contributed by atoms with Crippen molar-refractivity contribution >= 4 is 34.2 Å². The second-order valence-electron chi connectivity index (χ2n) is 4.68. The van der Waals surface area contributed by atoms with Gasteiger partial charge in [0.05, 0.1) is 22.1 Å². The van der Waals surface area contributed by atoms with Crippen molar-refractivity contribution in [2.75, 3.05) is 0 Å². The molecule has 0 saturated carbocycles. The van der Waals surface area contributed by atoms with Crippen LogP contribution in [0.5, 0.6) is 0 Å². The van der Waals surface area contributed by atoms with Gasteiger partial charge in [-0.2, -0.15) is 5.10 Å². The van der Waals surface area contributed by atoms with Gasteiger partial charge in [0.1, 0.15) is 5.82 Å².